The van der Waals surface area contributed by atoms with E-state index in [0.29, 0.717) is 31.3 Å². The Morgan fingerprint density at radius 3 is 2.55 bits per heavy atom. The van der Waals surface area contributed by atoms with E-state index in [0.717, 1.165) is 63.0 Å². The Balaban J connectivity index is 1.15. The predicted molar refractivity (Wildman–Crippen MR) is 153 cm³/mol. The molecule has 1 amide bonds. The second-order valence-electron chi connectivity index (χ2n) is 12.6. The maximum Gasteiger partial charge on any atom is 0.253 e. The first-order valence-corrected chi connectivity index (χ1v) is 15.0. The van der Waals surface area contributed by atoms with Crippen LogP contribution < -0.4 is 4.90 Å². The first-order valence-electron chi connectivity index (χ1n) is 15.0. The fraction of sp³-hybridized carbons (Fsp3) is 0.515. The molecular formula is C33H38N4O3. The number of ketones is 1. The summed E-state index contributed by atoms with van der Waals surface area (Å²) in [6, 6.07) is 8.29. The minimum absolute atomic E-state index is 0.0702. The summed E-state index contributed by atoms with van der Waals surface area (Å²) >= 11 is 0. The SMILES string of the molecule is CC12CC(c3ccc(C(=O)N4CCN(c5cnccn5)CC4)cc3)C3=C4CCC(=O)C=C4CCC3C1CCC2O. The highest BCUT2D eigenvalue weighted by molar-refractivity contribution is 5.94. The Labute approximate surface area is 236 Å². The third kappa shape index (κ3) is 4.21. The van der Waals surface area contributed by atoms with Gasteiger partial charge in [-0.2, -0.15) is 0 Å². The van der Waals surface area contributed by atoms with Gasteiger partial charge in [0.05, 0.1) is 12.3 Å². The molecule has 1 aliphatic heterocycles. The van der Waals surface area contributed by atoms with E-state index in [1.165, 1.54) is 22.3 Å². The lowest BCUT2D eigenvalue weighted by Gasteiger charge is -2.52. The summed E-state index contributed by atoms with van der Waals surface area (Å²) in [5.74, 6) is 2.36. The molecule has 1 aromatic heterocycles. The van der Waals surface area contributed by atoms with Crippen LogP contribution in [-0.2, 0) is 4.79 Å². The average Bonchev–Trinajstić information content (AvgIpc) is 3.30. The molecule has 2 aromatic rings. The molecule has 2 heterocycles. The highest BCUT2D eigenvalue weighted by atomic mass is 16.3. The second-order valence-corrected chi connectivity index (χ2v) is 12.6. The van der Waals surface area contributed by atoms with Crippen molar-refractivity contribution in [3.05, 3.63) is 76.8 Å². The van der Waals surface area contributed by atoms with Crippen LogP contribution in [0.2, 0.25) is 0 Å². The molecule has 7 nitrogen and oxygen atoms in total. The van der Waals surface area contributed by atoms with Gasteiger partial charge in [-0.25, -0.2) is 4.98 Å². The zero-order chi connectivity index (χ0) is 27.4. The van der Waals surface area contributed by atoms with E-state index in [-0.39, 0.29) is 29.1 Å². The molecule has 7 heteroatoms. The summed E-state index contributed by atoms with van der Waals surface area (Å²) in [5, 5.41) is 11.1. The van der Waals surface area contributed by atoms with E-state index in [4.69, 9.17) is 0 Å². The smallest absolute Gasteiger partial charge is 0.253 e. The molecule has 0 radical (unpaired) electrons. The van der Waals surface area contributed by atoms with Crippen molar-refractivity contribution in [3.63, 3.8) is 0 Å². The van der Waals surface area contributed by atoms with Crippen LogP contribution in [0.15, 0.2) is 65.7 Å². The lowest BCUT2D eigenvalue weighted by molar-refractivity contribution is -0.114. The minimum Gasteiger partial charge on any atom is -0.393 e. The summed E-state index contributed by atoms with van der Waals surface area (Å²) in [4.78, 5) is 38.3. The Kier molecular flexibility index (Phi) is 6.38. The molecule has 208 valence electrons. The lowest BCUT2D eigenvalue weighted by atomic mass is 9.53. The van der Waals surface area contributed by atoms with E-state index < -0.39 is 0 Å². The fourth-order valence-electron chi connectivity index (χ4n) is 8.57. The van der Waals surface area contributed by atoms with Crippen molar-refractivity contribution in [1.82, 2.24) is 14.9 Å². The van der Waals surface area contributed by atoms with Gasteiger partial charge in [-0.15, -0.1) is 0 Å². The van der Waals surface area contributed by atoms with Gasteiger partial charge in [0, 0.05) is 56.5 Å². The molecule has 1 aromatic carbocycles. The lowest BCUT2D eigenvalue weighted by Crippen LogP contribution is -2.49. The summed E-state index contributed by atoms with van der Waals surface area (Å²) in [5.41, 5.74) is 6.06. The van der Waals surface area contributed by atoms with E-state index in [2.05, 4.69) is 33.9 Å². The van der Waals surface area contributed by atoms with Crippen molar-refractivity contribution >= 4 is 17.5 Å². The Morgan fingerprint density at radius 2 is 1.80 bits per heavy atom. The number of aliphatic hydroxyl groups excluding tert-OH is 1. The van der Waals surface area contributed by atoms with Gasteiger partial charge in [0.1, 0.15) is 5.82 Å². The van der Waals surface area contributed by atoms with Gasteiger partial charge in [0.25, 0.3) is 5.91 Å². The normalized spacial score (nSPS) is 31.9. The van der Waals surface area contributed by atoms with Gasteiger partial charge in [-0.05, 0) is 90.7 Å². The number of nitrogens with zero attached hydrogens (tertiary/aromatic N) is 4. The number of carbonyl (C=O) groups excluding carboxylic acids is 2. The van der Waals surface area contributed by atoms with Crippen LogP contribution in [-0.4, -0.2) is 63.9 Å². The second kappa shape index (κ2) is 9.95. The highest BCUT2D eigenvalue weighted by Gasteiger charge is 2.56. The van der Waals surface area contributed by atoms with Crippen LogP contribution in [0.25, 0.3) is 0 Å². The first kappa shape index (κ1) is 25.6. The molecule has 4 aliphatic carbocycles. The molecule has 7 rings (SSSR count). The van der Waals surface area contributed by atoms with Crippen LogP contribution in [0.3, 0.4) is 0 Å². The summed E-state index contributed by atoms with van der Waals surface area (Å²) in [6.45, 7) is 5.09. The number of benzene rings is 1. The summed E-state index contributed by atoms with van der Waals surface area (Å²) in [7, 11) is 0. The number of hydrogen-bond donors (Lipinski definition) is 1. The van der Waals surface area contributed by atoms with Gasteiger partial charge in [0.2, 0.25) is 0 Å². The molecule has 0 spiro atoms. The number of fused-ring (bicyclic) bond motifs is 4. The van der Waals surface area contributed by atoms with Crippen molar-refractivity contribution in [3.8, 4) is 0 Å². The van der Waals surface area contributed by atoms with Crippen molar-refractivity contribution in [2.45, 2.75) is 63.9 Å². The maximum atomic E-state index is 13.4. The number of rotatable bonds is 3. The van der Waals surface area contributed by atoms with Crippen LogP contribution >= 0.6 is 0 Å². The molecule has 5 atom stereocenters. The number of aliphatic hydroxyl groups is 1. The van der Waals surface area contributed by atoms with Gasteiger partial charge in [-0.3, -0.25) is 14.6 Å². The van der Waals surface area contributed by atoms with Crippen LogP contribution in [0.5, 0.6) is 0 Å². The molecule has 2 saturated carbocycles. The van der Waals surface area contributed by atoms with Crippen molar-refractivity contribution in [1.29, 1.82) is 0 Å². The monoisotopic (exact) mass is 538 g/mol. The molecule has 3 fully saturated rings. The van der Waals surface area contributed by atoms with E-state index in [1.807, 2.05) is 23.1 Å². The minimum atomic E-state index is -0.266. The number of allylic oxidation sites excluding steroid dienone is 4. The Morgan fingerprint density at radius 1 is 1.00 bits per heavy atom. The Bertz CT molecular complexity index is 1380. The van der Waals surface area contributed by atoms with Gasteiger partial charge in [0.15, 0.2) is 5.78 Å². The van der Waals surface area contributed by atoms with Crippen LogP contribution in [0.4, 0.5) is 5.82 Å². The third-order valence-electron chi connectivity index (χ3n) is 10.7. The molecule has 1 saturated heterocycles. The number of amides is 1. The number of anilines is 1. The number of piperazine rings is 1. The van der Waals surface area contributed by atoms with E-state index >= 15 is 0 Å². The van der Waals surface area contributed by atoms with Crippen molar-refractivity contribution < 1.29 is 14.7 Å². The van der Waals surface area contributed by atoms with Crippen molar-refractivity contribution in [2.24, 2.45) is 17.3 Å². The molecule has 0 bridgehead atoms. The molecule has 5 aliphatic rings. The zero-order valence-corrected chi connectivity index (χ0v) is 23.3. The fourth-order valence-corrected chi connectivity index (χ4v) is 8.57. The van der Waals surface area contributed by atoms with Crippen LogP contribution in [0.1, 0.15) is 73.7 Å². The molecule has 1 N–H and O–H groups in total. The molecule has 5 unspecified atom stereocenters. The average molecular weight is 539 g/mol. The maximum absolute atomic E-state index is 13.4. The highest BCUT2D eigenvalue weighted by Crippen LogP contribution is 2.63. The number of aromatic nitrogens is 2. The summed E-state index contributed by atoms with van der Waals surface area (Å²) < 4.78 is 0. The quantitative estimate of drug-likeness (QED) is 0.610. The van der Waals surface area contributed by atoms with Gasteiger partial charge >= 0.3 is 0 Å². The Hall–Kier alpha value is -3.32. The number of carbonyl (C=O) groups is 2. The largest absolute Gasteiger partial charge is 0.393 e. The van der Waals surface area contributed by atoms with Gasteiger partial charge < -0.3 is 14.9 Å². The van der Waals surface area contributed by atoms with Crippen LogP contribution in [0, 0.1) is 17.3 Å². The third-order valence-corrected chi connectivity index (χ3v) is 10.7. The number of hydrogen-bond acceptors (Lipinski definition) is 6. The van der Waals surface area contributed by atoms with Gasteiger partial charge in [-0.1, -0.05) is 24.6 Å². The molecular weight excluding hydrogens is 500 g/mol. The first-order chi connectivity index (χ1) is 19.4. The van der Waals surface area contributed by atoms with Crippen molar-refractivity contribution in [2.75, 3.05) is 31.1 Å². The van der Waals surface area contributed by atoms with E-state index in [9.17, 15) is 14.7 Å². The topological polar surface area (TPSA) is 86.6 Å². The molecule has 40 heavy (non-hydrogen) atoms. The zero-order valence-electron chi connectivity index (χ0n) is 23.3. The predicted octanol–water partition coefficient (Wildman–Crippen LogP) is 4.70. The standard InChI is InChI=1S/C33H38N4O3/c1-33-19-27(31-25-9-7-24(38)18-23(25)6-8-26(31)28(33)10-11-29(33)39)21-2-4-22(5-3-21)32(40)37-16-14-36(15-17-37)30-20-34-12-13-35-30/h2-5,12-13,18,20,26-29,39H,6-11,14-17,19H2,1H3. The van der Waals surface area contributed by atoms with E-state index in [1.54, 1.807) is 18.6 Å². The summed E-state index contributed by atoms with van der Waals surface area (Å²) in [6.07, 6.45) is 13.2.